The molecule has 0 radical (unpaired) electrons. The van der Waals surface area contributed by atoms with Crippen LogP contribution in [0.1, 0.15) is 31.2 Å². The van der Waals surface area contributed by atoms with Crippen molar-refractivity contribution in [3.05, 3.63) is 34.3 Å². The molecule has 5 heteroatoms. The molecule has 1 fully saturated rings. The molecule has 2 N–H and O–H groups in total. The van der Waals surface area contributed by atoms with Crippen molar-refractivity contribution in [2.75, 3.05) is 6.54 Å². The molecule has 0 aromatic heterocycles. The van der Waals surface area contributed by atoms with Gasteiger partial charge in [0.05, 0.1) is 11.8 Å². The number of aliphatic carboxylic acids is 1. The Hall–Kier alpha value is -1.36. The summed E-state index contributed by atoms with van der Waals surface area (Å²) >= 11 is 3.38. The normalized spacial score (nSPS) is 16.5. The summed E-state index contributed by atoms with van der Waals surface area (Å²) in [7, 11) is 0. The van der Waals surface area contributed by atoms with Crippen molar-refractivity contribution in [1.29, 1.82) is 0 Å². The molecule has 4 nitrogen and oxygen atoms in total. The van der Waals surface area contributed by atoms with Crippen LogP contribution in [0.25, 0.3) is 0 Å². The predicted octanol–water partition coefficient (Wildman–Crippen LogP) is 2.46. The molecule has 102 valence electrons. The van der Waals surface area contributed by atoms with Crippen molar-refractivity contribution in [3.8, 4) is 0 Å². The lowest BCUT2D eigenvalue weighted by Gasteiger charge is -2.40. The Kier molecular flexibility index (Phi) is 4.24. The summed E-state index contributed by atoms with van der Waals surface area (Å²) in [6, 6.07) is 7.78. The summed E-state index contributed by atoms with van der Waals surface area (Å²) in [5, 5.41) is 11.3. The van der Waals surface area contributed by atoms with Crippen LogP contribution in [0.3, 0.4) is 0 Å². The summed E-state index contributed by atoms with van der Waals surface area (Å²) in [5.74, 6) is -0.950. The van der Waals surface area contributed by atoms with Gasteiger partial charge in [-0.15, -0.1) is 0 Å². The smallest absolute Gasteiger partial charge is 0.305 e. The zero-order valence-electron chi connectivity index (χ0n) is 10.5. The van der Waals surface area contributed by atoms with Gasteiger partial charge in [-0.3, -0.25) is 9.59 Å². The maximum Gasteiger partial charge on any atom is 0.305 e. The van der Waals surface area contributed by atoms with Crippen molar-refractivity contribution < 1.29 is 14.7 Å². The first-order valence-electron chi connectivity index (χ1n) is 6.31. The van der Waals surface area contributed by atoms with E-state index in [2.05, 4.69) is 21.2 Å². The molecule has 0 heterocycles. The largest absolute Gasteiger partial charge is 0.481 e. The average molecular weight is 326 g/mol. The third kappa shape index (κ3) is 2.97. The maximum absolute atomic E-state index is 12.3. The molecule has 0 saturated heterocycles. The van der Waals surface area contributed by atoms with Crippen LogP contribution in [-0.2, 0) is 15.0 Å². The number of rotatable bonds is 5. The fraction of sp³-hybridized carbons (Fsp3) is 0.429. The third-order valence-electron chi connectivity index (χ3n) is 3.66. The molecule has 1 aromatic carbocycles. The Morgan fingerprint density at radius 3 is 2.37 bits per heavy atom. The van der Waals surface area contributed by atoms with Gasteiger partial charge in [0.1, 0.15) is 0 Å². The molecule has 1 aliphatic carbocycles. The highest BCUT2D eigenvalue weighted by molar-refractivity contribution is 9.10. The Morgan fingerprint density at radius 1 is 1.26 bits per heavy atom. The SMILES string of the molecule is O=C(O)CCNC(=O)C1(c2ccc(Br)cc2)CCC1. The van der Waals surface area contributed by atoms with E-state index in [9.17, 15) is 9.59 Å². The number of amides is 1. The van der Waals surface area contributed by atoms with Crippen LogP contribution in [0.4, 0.5) is 0 Å². The molecule has 0 atom stereocenters. The summed E-state index contributed by atoms with van der Waals surface area (Å²) in [5.41, 5.74) is 0.550. The zero-order chi connectivity index (χ0) is 13.9. The van der Waals surface area contributed by atoms with Gasteiger partial charge in [-0.25, -0.2) is 0 Å². The molecule has 1 amide bonds. The second-order valence-corrected chi connectivity index (χ2v) is 5.76. The Balaban J connectivity index is 2.07. The zero-order valence-corrected chi connectivity index (χ0v) is 12.1. The minimum atomic E-state index is -0.897. The standard InChI is InChI=1S/C14H16BrNO3/c15-11-4-2-10(3-5-11)14(7-1-8-14)13(19)16-9-6-12(17)18/h2-5H,1,6-9H2,(H,16,19)(H,17,18). The van der Waals surface area contributed by atoms with E-state index in [1.54, 1.807) is 0 Å². The number of carboxylic acids is 1. The number of carboxylic acid groups (broad SMARTS) is 1. The van der Waals surface area contributed by atoms with Gasteiger partial charge in [0, 0.05) is 11.0 Å². The van der Waals surface area contributed by atoms with Crippen LogP contribution >= 0.6 is 15.9 Å². The first-order chi connectivity index (χ1) is 9.04. The molecular weight excluding hydrogens is 310 g/mol. The maximum atomic E-state index is 12.3. The van der Waals surface area contributed by atoms with Crippen LogP contribution in [0.15, 0.2) is 28.7 Å². The fourth-order valence-corrected chi connectivity index (χ4v) is 2.66. The number of carbonyl (C=O) groups is 2. The Morgan fingerprint density at radius 2 is 1.89 bits per heavy atom. The third-order valence-corrected chi connectivity index (χ3v) is 4.19. The second-order valence-electron chi connectivity index (χ2n) is 4.84. The Labute approximate surface area is 120 Å². The van der Waals surface area contributed by atoms with Crippen molar-refractivity contribution in [2.45, 2.75) is 31.1 Å². The molecule has 1 aliphatic rings. The lowest BCUT2D eigenvalue weighted by Crippen LogP contribution is -2.49. The highest BCUT2D eigenvalue weighted by atomic mass is 79.9. The van der Waals surface area contributed by atoms with Crippen LogP contribution in [-0.4, -0.2) is 23.5 Å². The summed E-state index contributed by atoms with van der Waals surface area (Å²) in [4.78, 5) is 22.8. The molecule has 19 heavy (non-hydrogen) atoms. The van der Waals surface area contributed by atoms with Crippen LogP contribution in [0, 0.1) is 0 Å². The highest BCUT2D eigenvalue weighted by Crippen LogP contribution is 2.44. The van der Waals surface area contributed by atoms with Gasteiger partial charge in [-0.05, 0) is 30.5 Å². The number of hydrogen-bond donors (Lipinski definition) is 2. The first kappa shape index (κ1) is 14.1. The van der Waals surface area contributed by atoms with Gasteiger partial charge in [-0.1, -0.05) is 34.5 Å². The van der Waals surface area contributed by atoms with Crippen molar-refractivity contribution >= 4 is 27.8 Å². The fourth-order valence-electron chi connectivity index (χ4n) is 2.40. The van der Waals surface area contributed by atoms with Crippen molar-refractivity contribution in [2.24, 2.45) is 0 Å². The van der Waals surface area contributed by atoms with Crippen molar-refractivity contribution in [1.82, 2.24) is 5.32 Å². The minimum Gasteiger partial charge on any atom is -0.481 e. The van der Waals surface area contributed by atoms with Gasteiger partial charge in [-0.2, -0.15) is 0 Å². The van der Waals surface area contributed by atoms with E-state index in [0.717, 1.165) is 29.3 Å². The summed E-state index contributed by atoms with van der Waals surface area (Å²) in [6.45, 7) is 0.187. The number of hydrogen-bond acceptors (Lipinski definition) is 2. The van der Waals surface area contributed by atoms with Crippen molar-refractivity contribution in [3.63, 3.8) is 0 Å². The quantitative estimate of drug-likeness (QED) is 0.873. The van der Waals surface area contributed by atoms with E-state index >= 15 is 0 Å². The summed E-state index contributed by atoms with van der Waals surface area (Å²) < 4.78 is 0.983. The topological polar surface area (TPSA) is 66.4 Å². The molecule has 1 aromatic rings. The Bertz CT molecular complexity index is 480. The lowest BCUT2D eigenvalue weighted by atomic mass is 9.64. The van der Waals surface area contributed by atoms with Gasteiger partial charge in [0.25, 0.3) is 0 Å². The minimum absolute atomic E-state index is 0.0395. The predicted molar refractivity (Wildman–Crippen MR) is 74.9 cm³/mol. The van der Waals surface area contributed by atoms with E-state index in [-0.39, 0.29) is 18.9 Å². The van der Waals surface area contributed by atoms with E-state index in [4.69, 9.17) is 5.11 Å². The van der Waals surface area contributed by atoms with E-state index in [0.29, 0.717) is 0 Å². The van der Waals surface area contributed by atoms with Crippen LogP contribution in [0.5, 0.6) is 0 Å². The summed E-state index contributed by atoms with van der Waals surface area (Å²) in [6.07, 6.45) is 2.64. The number of carbonyl (C=O) groups excluding carboxylic acids is 1. The van der Waals surface area contributed by atoms with E-state index in [1.165, 1.54) is 0 Å². The molecular formula is C14H16BrNO3. The average Bonchev–Trinajstić information content (AvgIpc) is 2.29. The molecule has 1 saturated carbocycles. The van der Waals surface area contributed by atoms with Gasteiger partial charge in [0.15, 0.2) is 0 Å². The lowest BCUT2D eigenvalue weighted by molar-refractivity contribution is -0.137. The molecule has 0 bridgehead atoms. The molecule has 0 aliphatic heterocycles. The van der Waals surface area contributed by atoms with E-state index in [1.807, 2.05) is 24.3 Å². The number of benzene rings is 1. The first-order valence-corrected chi connectivity index (χ1v) is 7.10. The second kappa shape index (κ2) is 5.74. The van der Waals surface area contributed by atoms with Gasteiger partial charge in [0.2, 0.25) is 5.91 Å². The number of halogens is 1. The van der Waals surface area contributed by atoms with Gasteiger partial charge < -0.3 is 10.4 Å². The van der Waals surface area contributed by atoms with Gasteiger partial charge >= 0.3 is 5.97 Å². The monoisotopic (exact) mass is 325 g/mol. The molecule has 2 rings (SSSR count). The number of nitrogens with one attached hydrogen (secondary N) is 1. The molecule has 0 unspecified atom stereocenters. The molecule has 0 spiro atoms. The van der Waals surface area contributed by atoms with E-state index < -0.39 is 11.4 Å². The highest BCUT2D eigenvalue weighted by Gasteiger charge is 2.45. The van der Waals surface area contributed by atoms with Crippen LogP contribution in [0.2, 0.25) is 0 Å². The van der Waals surface area contributed by atoms with Crippen LogP contribution < -0.4 is 5.32 Å².